The van der Waals surface area contributed by atoms with Crippen LogP contribution in [-0.2, 0) is 33.2 Å². The summed E-state index contributed by atoms with van der Waals surface area (Å²) in [7, 11) is 0. The molecule has 3 aliphatic heterocycles. The molecule has 19 heteroatoms. The number of hydrogen-bond acceptors (Lipinski definition) is 19. The number of aliphatic hydroxyl groups excluding tert-OH is 12. The van der Waals surface area contributed by atoms with E-state index in [4.69, 9.17) is 28.4 Å². The topological polar surface area (TPSA) is 315 Å². The molecule has 8 rings (SSSR count). The van der Waals surface area contributed by atoms with Crippen molar-refractivity contribution in [2.75, 3.05) is 19.8 Å². The van der Waals surface area contributed by atoms with Gasteiger partial charge in [0.25, 0.3) is 0 Å². The molecular formula is C48H78O19. The van der Waals surface area contributed by atoms with E-state index in [0.29, 0.717) is 32.1 Å². The van der Waals surface area contributed by atoms with Crippen molar-refractivity contribution in [3.8, 4) is 0 Å². The van der Waals surface area contributed by atoms with Gasteiger partial charge in [-0.25, -0.2) is 0 Å². The van der Waals surface area contributed by atoms with Gasteiger partial charge in [-0.3, -0.25) is 4.79 Å². The molecular weight excluding hydrogens is 881 g/mol. The van der Waals surface area contributed by atoms with E-state index < -0.39 is 134 Å². The van der Waals surface area contributed by atoms with E-state index in [-0.39, 0.29) is 52.4 Å². The van der Waals surface area contributed by atoms with Crippen LogP contribution < -0.4 is 0 Å². The minimum absolute atomic E-state index is 0.0112. The van der Waals surface area contributed by atoms with Crippen molar-refractivity contribution in [2.45, 2.75) is 204 Å². The number of hydrogen-bond donors (Lipinski definition) is 12. The summed E-state index contributed by atoms with van der Waals surface area (Å²) in [4.78, 5) is 15.0. The first-order chi connectivity index (χ1) is 31.4. The van der Waals surface area contributed by atoms with Crippen molar-refractivity contribution in [1.29, 1.82) is 0 Å². The molecule has 0 spiro atoms. The third-order valence-corrected chi connectivity index (χ3v) is 19.7. The van der Waals surface area contributed by atoms with Crippen molar-refractivity contribution in [2.24, 2.45) is 56.7 Å². The molecule has 7 fully saturated rings. The Bertz CT molecular complexity index is 1820. The van der Waals surface area contributed by atoms with Crippen LogP contribution in [0.25, 0.3) is 0 Å². The monoisotopic (exact) mass is 959 g/mol. The average Bonchev–Trinajstić information content (AvgIpc) is 3.29. The maximum atomic E-state index is 15.0. The number of carbonyl (C=O) groups excluding carboxylic acids is 1. The molecule has 27 atom stereocenters. The molecule has 12 N–H and O–H groups in total. The third kappa shape index (κ3) is 7.92. The van der Waals surface area contributed by atoms with Crippen LogP contribution >= 0.6 is 0 Å². The Labute approximate surface area is 392 Å². The molecule has 3 saturated heterocycles. The number of aliphatic hydroxyl groups is 12. The number of esters is 1. The van der Waals surface area contributed by atoms with Crippen molar-refractivity contribution >= 4 is 5.97 Å². The van der Waals surface area contributed by atoms with Gasteiger partial charge in [0.1, 0.15) is 67.1 Å². The largest absolute Gasteiger partial charge is 0.432 e. The minimum atomic E-state index is -1.86. The Hall–Kier alpha value is -1.47. The first-order valence-electron chi connectivity index (χ1n) is 24.5. The minimum Gasteiger partial charge on any atom is -0.432 e. The fraction of sp³-hybridized carbons (Fsp3) is 0.938. The van der Waals surface area contributed by atoms with Gasteiger partial charge in [0.05, 0.1) is 43.5 Å². The van der Waals surface area contributed by atoms with Gasteiger partial charge in [-0.15, -0.1) is 0 Å². The van der Waals surface area contributed by atoms with Crippen LogP contribution in [0.3, 0.4) is 0 Å². The lowest BCUT2D eigenvalue weighted by Gasteiger charge is -2.71. The molecule has 0 unspecified atom stereocenters. The quantitative estimate of drug-likeness (QED) is 0.0971. The molecule has 0 amide bonds. The fourth-order valence-electron chi connectivity index (χ4n) is 15.2. The van der Waals surface area contributed by atoms with Gasteiger partial charge in [0, 0.05) is 5.41 Å². The highest BCUT2D eigenvalue weighted by molar-refractivity contribution is 5.79. The van der Waals surface area contributed by atoms with Crippen LogP contribution in [0, 0.1) is 56.7 Å². The van der Waals surface area contributed by atoms with Crippen LogP contribution in [0.4, 0.5) is 0 Å². The van der Waals surface area contributed by atoms with Crippen LogP contribution in [0.2, 0.25) is 0 Å². The average molecular weight is 959 g/mol. The zero-order chi connectivity index (χ0) is 49.1. The van der Waals surface area contributed by atoms with Crippen molar-refractivity contribution in [3.63, 3.8) is 0 Å². The summed E-state index contributed by atoms with van der Waals surface area (Å²) < 4.78 is 34.7. The lowest BCUT2D eigenvalue weighted by Crippen LogP contribution is -2.68. The van der Waals surface area contributed by atoms with Gasteiger partial charge >= 0.3 is 5.97 Å². The van der Waals surface area contributed by atoms with Crippen LogP contribution in [0.15, 0.2) is 11.6 Å². The first kappa shape index (κ1) is 51.9. The van der Waals surface area contributed by atoms with Crippen LogP contribution in [-0.4, -0.2) is 191 Å². The maximum absolute atomic E-state index is 15.0. The summed E-state index contributed by atoms with van der Waals surface area (Å²) in [5, 5.41) is 130. The maximum Gasteiger partial charge on any atom is 0.315 e. The van der Waals surface area contributed by atoms with E-state index in [1.807, 2.05) is 6.92 Å². The predicted molar refractivity (Wildman–Crippen MR) is 231 cm³/mol. The smallest absolute Gasteiger partial charge is 0.315 e. The van der Waals surface area contributed by atoms with E-state index in [1.165, 1.54) is 12.5 Å². The van der Waals surface area contributed by atoms with Gasteiger partial charge in [0.15, 0.2) is 12.6 Å². The molecule has 0 aromatic rings. The standard InChI is InChI=1S/C48H78O19/c1-20-10-13-48(15-14-46(6)23(29(48)21(20)2)8-9-28-44(4)16-24(51)39(60)45(5,19-50)27(44)11-12-47(28,46)7)43(61)67-42-36(58)33(55)31(53)26(65-42)18-62-40-37(59)34(56)38(25(17-49)64-40)66-41-35(57)32(54)30(52)22(3)63-41/h8,20-22,24-42,49-60H,9-19H2,1-7H3/t20-,21+,22-,24-,25-,26-,27-,28-,29+,30+,31-,32-,33+,34-,35-,36-,37-,38-,39+,40-,41-,42+,44+,45+,46-,47-,48+/m1/s1. The summed E-state index contributed by atoms with van der Waals surface area (Å²) in [6.07, 6.45) is -18.9. The van der Waals surface area contributed by atoms with Crippen molar-refractivity contribution in [1.82, 2.24) is 0 Å². The third-order valence-electron chi connectivity index (χ3n) is 19.7. The molecule has 0 radical (unpaired) electrons. The lowest BCUT2D eigenvalue weighted by atomic mass is 9.33. The predicted octanol–water partition coefficient (Wildman–Crippen LogP) is -1.03. The highest BCUT2D eigenvalue weighted by Gasteiger charge is 2.71. The highest BCUT2D eigenvalue weighted by atomic mass is 16.8. The number of ether oxygens (including phenoxy) is 6. The SMILES string of the molecule is C[C@H]1[C@H](C)CC[C@]2(C(=O)O[C@@H]3O[C@H](CO[C@@H]4O[C@H](CO)[C@@H](O[C@H]5O[C@H](C)[C@H](O)[C@@H](O)[C@H]5O)[C@H](O)[C@H]4O)[C@@H](O)[C@H](O)[C@H]3O)CC[C@]3(C)C(=CC[C@@H]4[C@@]5(C)C[C@@H](O)[C@H](O)[C@@](C)(CO)[C@@H]5CC[C@]43C)[C@H]12. The van der Waals surface area contributed by atoms with Gasteiger partial charge in [-0.1, -0.05) is 53.2 Å². The Kier molecular flexibility index (Phi) is 14.4. The van der Waals surface area contributed by atoms with E-state index in [2.05, 4.69) is 40.7 Å². The molecule has 19 nitrogen and oxygen atoms in total. The number of allylic oxidation sites excluding steroid dienone is 2. The summed E-state index contributed by atoms with van der Waals surface area (Å²) in [6.45, 7) is 13.0. The second-order valence-electron chi connectivity index (χ2n) is 22.9. The lowest BCUT2D eigenvalue weighted by molar-refractivity contribution is -0.361. The van der Waals surface area contributed by atoms with Gasteiger partial charge in [-0.2, -0.15) is 0 Å². The summed E-state index contributed by atoms with van der Waals surface area (Å²) >= 11 is 0. The number of rotatable bonds is 9. The van der Waals surface area contributed by atoms with Gasteiger partial charge in [-0.05, 0) is 104 Å². The molecule has 5 aliphatic carbocycles. The Balaban J connectivity index is 0.985. The molecule has 4 saturated carbocycles. The Morgan fingerprint density at radius 3 is 2.01 bits per heavy atom. The summed E-state index contributed by atoms with van der Waals surface area (Å²) in [6, 6.07) is 0. The van der Waals surface area contributed by atoms with Crippen LogP contribution in [0.5, 0.6) is 0 Å². The Morgan fingerprint density at radius 2 is 1.34 bits per heavy atom. The van der Waals surface area contributed by atoms with E-state index in [9.17, 15) is 61.3 Å². The summed E-state index contributed by atoms with van der Waals surface area (Å²) in [5.74, 6) is -0.386. The van der Waals surface area contributed by atoms with E-state index in [1.54, 1.807) is 0 Å². The van der Waals surface area contributed by atoms with Crippen molar-refractivity contribution < 1.29 is 94.5 Å². The normalized spacial score (nSPS) is 56.7. The highest BCUT2D eigenvalue weighted by Crippen LogP contribution is 2.76. The second kappa shape index (κ2) is 18.5. The van der Waals surface area contributed by atoms with E-state index >= 15 is 4.79 Å². The second-order valence-corrected chi connectivity index (χ2v) is 22.9. The molecule has 0 aromatic heterocycles. The zero-order valence-electron chi connectivity index (χ0n) is 39.8. The molecule has 3 heterocycles. The number of carbonyl (C=O) groups is 1. The molecule has 8 aliphatic rings. The number of fused-ring (bicyclic) bond motifs is 7. The molecule has 384 valence electrons. The molecule has 67 heavy (non-hydrogen) atoms. The zero-order valence-corrected chi connectivity index (χ0v) is 39.8. The fourth-order valence-corrected chi connectivity index (χ4v) is 15.2. The van der Waals surface area contributed by atoms with E-state index in [0.717, 1.165) is 19.3 Å². The van der Waals surface area contributed by atoms with Gasteiger partial charge < -0.3 is 89.7 Å². The molecule has 0 aromatic carbocycles. The van der Waals surface area contributed by atoms with Gasteiger partial charge in [0.2, 0.25) is 6.29 Å². The molecule has 0 bridgehead atoms. The van der Waals surface area contributed by atoms with Crippen molar-refractivity contribution in [3.05, 3.63) is 11.6 Å². The summed E-state index contributed by atoms with van der Waals surface area (Å²) in [5.41, 5.74) is -1.64. The Morgan fingerprint density at radius 1 is 0.701 bits per heavy atom. The van der Waals surface area contributed by atoms with Crippen LogP contribution in [0.1, 0.15) is 99.8 Å². The first-order valence-corrected chi connectivity index (χ1v) is 24.5.